The molecule has 0 aromatic heterocycles. The first kappa shape index (κ1) is 14.2. The first-order valence-electron chi connectivity index (χ1n) is 5.90. The third-order valence-electron chi connectivity index (χ3n) is 2.49. The van der Waals surface area contributed by atoms with Crippen molar-refractivity contribution in [3.63, 3.8) is 0 Å². The summed E-state index contributed by atoms with van der Waals surface area (Å²) in [5, 5.41) is 13.4. The lowest BCUT2D eigenvalue weighted by molar-refractivity contribution is -0.114. The Morgan fingerprint density at radius 3 is 2.83 bits per heavy atom. The van der Waals surface area contributed by atoms with Crippen molar-refractivity contribution in [2.24, 2.45) is 5.16 Å². The van der Waals surface area contributed by atoms with E-state index in [0.717, 1.165) is 25.7 Å². The van der Waals surface area contributed by atoms with Crippen LogP contribution in [-0.2, 0) is 11.3 Å². The molecule has 1 aromatic carbocycles. The van der Waals surface area contributed by atoms with Gasteiger partial charge in [-0.25, -0.2) is 0 Å². The Hall–Kier alpha value is -1.88. The van der Waals surface area contributed by atoms with Gasteiger partial charge in [-0.2, -0.15) is 0 Å². The summed E-state index contributed by atoms with van der Waals surface area (Å²) in [6, 6.07) is 10.2. The number of nitrogens with one attached hydrogen (secondary N) is 1. The van der Waals surface area contributed by atoms with Gasteiger partial charge in [0.1, 0.15) is 6.21 Å². The zero-order chi connectivity index (χ0) is 13.2. The molecular weight excluding hydrogens is 230 g/mol. The van der Waals surface area contributed by atoms with Crippen molar-refractivity contribution in [2.75, 3.05) is 20.1 Å². The topological polar surface area (TPSA) is 64.9 Å². The van der Waals surface area contributed by atoms with Crippen LogP contribution in [0.2, 0.25) is 0 Å². The second-order valence-corrected chi connectivity index (χ2v) is 4.11. The largest absolute Gasteiger partial charge is 0.411 e. The van der Waals surface area contributed by atoms with Gasteiger partial charge in [0, 0.05) is 13.1 Å². The van der Waals surface area contributed by atoms with E-state index < -0.39 is 0 Å². The first-order valence-corrected chi connectivity index (χ1v) is 5.90. The summed E-state index contributed by atoms with van der Waals surface area (Å²) < 4.78 is 0. The Labute approximate surface area is 107 Å². The van der Waals surface area contributed by atoms with Crippen LogP contribution < -0.4 is 5.32 Å². The third kappa shape index (κ3) is 6.00. The van der Waals surface area contributed by atoms with Gasteiger partial charge >= 0.3 is 0 Å². The van der Waals surface area contributed by atoms with Crippen molar-refractivity contribution in [3.05, 3.63) is 35.9 Å². The molecule has 0 spiro atoms. The first-order chi connectivity index (χ1) is 8.72. The second kappa shape index (κ2) is 8.25. The lowest BCUT2D eigenvalue weighted by Crippen LogP contribution is -2.28. The normalized spacial score (nSPS) is 11.0. The van der Waals surface area contributed by atoms with Crippen molar-refractivity contribution in [1.82, 2.24) is 10.2 Å². The van der Waals surface area contributed by atoms with Crippen molar-refractivity contribution < 1.29 is 10.0 Å². The fourth-order valence-electron chi connectivity index (χ4n) is 1.63. The van der Waals surface area contributed by atoms with Gasteiger partial charge in [0.05, 0.1) is 0 Å². The summed E-state index contributed by atoms with van der Waals surface area (Å²) in [7, 11) is 2.05. The number of nitrogens with zero attached hydrogens (tertiary/aromatic N) is 2. The number of carbonyl (C=O) groups excluding carboxylic acids is 1. The predicted octanol–water partition coefficient (Wildman–Crippen LogP) is 1.08. The number of amides is 1. The van der Waals surface area contributed by atoms with Crippen LogP contribution in [0, 0.1) is 0 Å². The van der Waals surface area contributed by atoms with E-state index in [2.05, 4.69) is 27.5 Å². The predicted molar refractivity (Wildman–Crippen MR) is 70.7 cm³/mol. The van der Waals surface area contributed by atoms with Gasteiger partial charge in [-0.15, -0.1) is 0 Å². The number of rotatable bonds is 7. The van der Waals surface area contributed by atoms with Crippen molar-refractivity contribution in [1.29, 1.82) is 0 Å². The molecule has 0 saturated carbocycles. The molecule has 0 heterocycles. The zero-order valence-electron chi connectivity index (χ0n) is 10.5. The Kier molecular flexibility index (Phi) is 6.50. The Morgan fingerprint density at radius 2 is 2.17 bits per heavy atom. The van der Waals surface area contributed by atoms with E-state index in [-0.39, 0.29) is 5.91 Å². The summed E-state index contributed by atoms with van der Waals surface area (Å²) in [5.74, 6) is -0.372. The molecule has 98 valence electrons. The molecule has 5 nitrogen and oxygen atoms in total. The maximum Gasteiger partial charge on any atom is 0.265 e. The van der Waals surface area contributed by atoms with Crippen LogP contribution in [0.3, 0.4) is 0 Å². The van der Waals surface area contributed by atoms with Gasteiger partial charge in [0.2, 0.25) is 0 Å². The zero-order valence-corrected chi connectivity index (χ0v) is 10.5. The van der Waals surface area contributed by atoms with Crippen LogP contribution in [0.15, 0.2) is 35.5 Å². The fraction of sp³-hybridized carbons (Fsp3) is 0.385. The molecule has 0 aliphatic rings. The van der Waals surface area contributed by atoms with E-state index >= 15 is 0 Å². The van der Waals surface area contributed by atoms with Crippen LogP contribution in [-0.4, -0.2) is 42.4 Å². The quantitative estimate of drug-likeness (QED) is 0.329. The van der Waals surface area contributed by atoms with Gasteiger partial charge in [-0.3, -0.25) is 4.79 Å². The van der Waals surface area contributed by atoms with E-state index in [1.807, 2.05) is 25.2 Å². The Morgan fingerprint density at radius 1 is 1.44 bits per heavy atom. The number of hydrogen-bond acceptors (Lipinski definition) is 4. The number of benzene rings is 1. The molecule has 1 amide bonds. The second-order valence-electron chi connectivity index (χ2n) is 4.11. The minimum absolute atomic E-state index is 0.372. The summed E-state index contributed by atoms with van der Waals surface area (Å²) >= 11 is 0. The molecule has 0 radical (unpaired) electrons. The minimum atomic E-state index is -0.372. The van der Waals surface area contributed by atoms with Crippen LogP contribution in [0.5, 0.6) is 0 Å². The maximum atomic E-state index is 10.9. The molecule has 0 unspecified atom stereocenters. The fourth-order valence-corrected chi connectivity index (χ4v) is 1.63. The van der Waals surface area contributed by atoms with Gasteiger partial charge in [0.15, 0.2) is 0 Å². The number of hydrogen-bond donors (Lipinski definition) is 2. The molecule has 0 fully saturated rings. The van der Waals surface area contributed by atoms with E-state index in [1.165, 1.54) is 5.56 Å². The number of carbonyl (C=O) groups is 1. The molecule has 2 N–H and O–H groups in total. The molecule has 0 atom stereocenters. The van der Waals surface area contributed by atoms with Crippen LogP contribution in [0.1, 0.15) is 12.0 Å². The van der Waals surface area contributed by atoms with E-state index in [0.29, 0.717) is 6.54 Å². The van der Waals surface area contributed by atoms with Crippen molar-refractivity contribution >= 4 is 12.1 Å². The lowest BCUT2D eigenvalue weighted by atomic mass is 10.2. The van der Waals surface area contributed by atoms with Crippen LogP contribution in [0.4, 0.5) is 0 Å². The molecule has 18 heavy (non-hydrogen) atoms. The van der Waals surface area contributed by atoms with E-state index in [1.54, 1.807) is 0 Å². The minimum Gasteiger partial charge on any atom is -0.411 e. The van der Waals surface area contributed by atoms with Crippen LogP contribution >= 0.6 is 0 Å². The molecular formula is C13H19N3O2. The summed E-state index contributed by atoms with van der Waals surface area (Å²) in [6.07, 6.45) is 1.71. The monoisotopic (exact) mass is 249 g/mol. The lowest BCUT2D eigenvalue weighted by Gasteiger charge is -2.16. The molecule has 5 heteroatoms. The standard InChI is InChI=1S/C13H19N3O2/c1-16(11-12-6-3-2-4-7-12)9-5-8-14-13(17)10-15-18/h2-4,6-7,10,18H,5,8-9,11H2,1H3,(H,14,17)/b15-10+. The smallest absolute Gasteiger partial charge is 0.265 e. The van der Waals surface area contributed by atoms with Crippen molar-refractivity contribution in [3.8, 4) is 0 Å². The highest BCUT2D eigenvalue weighted by Gasteiger charge is 2.00. The van der Waals surface area contributed by atoms with E-state index in [4.69, 9.17) is 5.21 Å². The molecule has 1 aromatic rings. The van der Waals surface area contributed by atoms with Gasteiger partial charge in [0.25, 0.3) is 5.91 Å². The highest BCUT2D eigenvalue weighted by Crippen LogP contribution is 2.02. The Balaban J connectivity index is 2.14. The maximum absolute atomic E-state index is 10.9. The average molecular weight is 249 g/mol. The van der Waals surface area contributed by atoms with Gasteiger partial charge in [-0.1, -0.05) is 35.5 Å². The molecule has 0 aliphatic heterocycles. The van der Waals surface area contributed by atoms with E-state index in [9.17, 15) is 4.79 Å². The highest BCUT2D eigenvalue weighted by atomic mass is 16.4. The Bertz CT molecular complexity index is 379. The van der Waals surface area contributed by atoms with Crippen molar-refractivity contribution in [2.45, 2.75) is 13.0 Å². The molecule has 0 bridgehead atoms. The van der Waals surface area contributed by atoms with Gasteiger partial charge in [-0.05, 0) is 25.6 Å². The third-order valence-corrected chi connectivity index (χ3v) is 2.49. The summed E-state index contributed by atoms with van der Waals surface area (Å²) in [5.41, 5.74) is 1.27. The molecule has 0 aliphatic carbocycles. The average Bonchev–Trinajstić information content (AvgIpc) is 2.36. The van der Waals surface area contributed by atoms with Gasteiger partial charge < -0.3 is 15.4 Å². The summed E-state index contributed by atoms with van der Waals surface area (Å²) in [6.45, 7) is 2.36. The SMILES string of the molecule is CN(CCCNC(=O)/C=N/O)Cc1ccccc1. The molecule has 1 rings (SSSR count). The molecule has 0 saturated heterocycles. The van der Waals surface area contributed by atoms with Crippen LogP contribution in [0.25, 0.3) is 0 Å². The highest BCUT2D eigenvalue weighted by molar-refractivity contribution is 6.25. The summed E-state index contributed by atoms with van der Waals surface area (Å²) in [4.78, 5) is 13.1. The number of oxime groups is 1.